The van der Waals surface area contributed by atoms with Crippen LogP contribution in [0, 0.1) is 13.8 Å². The molecule has 0 fully saturated rings. The maximum absolute atomic E-state index is 13.0. The summed E-state index contributed by atoms with van der Waals surface area (Å²) in [6, 6.07) is 12.9. The second kappa shape index (κ2) is 7.91. The van der Waals surface area contributed by atoms with Crippen LogP contribution in [0.4, 0.5) is 5.69 Å². The molecule has 2 heterocycles. The van der Waals surface area contributed by atoms with Gasteiger partial charge in [0.15, 0.2) is 6.10 Å². The van der Waals surface area contributed by atoms with Gasteiger partial charge in [0.05, 0.1) is 35.6 Å². The fourth-order valence-electron chi connectivity index (χ4n) is 3.61. The second-order valence-corrected chi connectivity index (χ2v) is 8.60. The van der Waals surface area contributed by atoms with E-state index in [0.29, 0.717) is 23.5 Å². The van der Waals surface area contributed by atoms with Crippen molar-refractivity contribution in [2.75, 3.05) is 12.0 Å². The van der Waals surface area contributed by atoms with Gasteiger partial charge in [-0.2, -0.15) is 0 Å². The van der Waals surface area contributed by atoms with Crippen LogP contribution in [0.1, 0.15) is 32.7 Å². The molecule has 1 aliphatic rings. The van der Waals surface area contributed by atoms with Gasteiger partial charge in [0, 0.05) is 10.4 Å². The van der Waals surface area contributed by atoms with Gasteiger partial charge < -0.3 is 14.4 Å². The number of aryl methyl sites for hydroxylation is 2. The molecule has 1 amide bonds. The zero-order valence-corrected chi connectivity index (χ0v) is 18.1. The average molecular weight is 423 g/mol. The number of esters is 1. The van der Waals surface area contributed by atoms with Crippen LogP contribution in [0.5, 0.6) is 5.75 Å². The number of nitrogens with zero attached hydrogens (tertiary/aromatic N) is 2. The van der Waals surface area contributed by atoms with E-state index < -0.39 is 12.1 Å². The molecular weight excluding hydrogens is 400 g/mol. The van der Waals surface area contributed by atoms with E-state index in [1.165, 1.54) is 7.11 Å². The lowest BCUT2D eigenvalue weighted by molar-refractivity contribution is -0.125. The third kappa shape index (κ3) is 3.68. The number of amides is 1. The second-order valence-electron chi connectivity index (χ2n) is 7.20. The molecule has 2 aromatic carbocycles. The van der Waals surface area contributed by atoms with Crippen molar-refractivity contribution in [3.8, 4) is 17.0 Å². The smallest absolute Gasteiger partial charge is 0.337 e. The molecule has 7 heteroatoms. The molecule has 6 nitrogen and oxygen atoms in total. The predicted molar refractivity (Wildman–Crippen MR) is 116 cm³/mol. The van der Waals surface area contributed by atoms with Gasteiger partial charge in [0.25, 0.3) is 5.91 Å². The van der Waals surface area contributed by atoms with E-state index in [4.69, 9.17) is 9.47 Å². The Kier molecular flexibility index (Phi) is 5.30. The zero-order valence-electron chi connectivity index (χ0n) is 17.3. The van der Waals surface area contributed by atoms with Crippen molar-refractivity contribution in [2.45, 2.75) is 33.4 Å². The van der Waals surface area contributed by atoms with E-state index in [1.54, 1.807) is 41.4 Å². The Hall–Kier alpha value is -3.19. The SMILES string of the molecule is COC(=O)c1cccc(CN2C(=O)C(C)Oc3ccc(-c4nc(C)sc4C)cc32)c1. The quantitative estimate of drug-likeness (QED) is 0.578. The number of carbonyl (C=O) groups excluding carboxylic acids is 2. The molecule has 1 atom stereocenters. The number of methoxy groups -OCH3 is 1. The molecule has 1 aromatic heterocycles. The van der Waals surface area contributed by atoms with Crippen molar-refractivity contribution in [1.29, 1.82) is 0 Å². The molecule has 0 bridgehead atoms. The van der Waals surface area contributed by atoms with Crippen LogP contribution in [0.3, 0.4) is 0 Å². The molecule has 0 spiro atoms. The van der Waals surface area contributed by atoms with Gasteiger partial charge in [-0.25, -0.2) is 9.78 Å². The topological polar surface area (TPSA) is 68.7 Å². The molecule has 0 aliphatic carbocycles. The third-order valence-electron chi connectivity index (χ3n) is 5.03. The maximum atomic E-state index is 13.0. The fraction of sp³-hybridized carbons (Fsp3) is 0.261. The number of aromatic nitrogens is 1. The molecule has 3 aromatic rings. The van der Waals surface area contributed by atoms with Gasteiger partial charge in [0.2, 0.25) is 0 Å². The Balaban J connectivity index is 1.74. The predicted octanol–water partition coefficient (Wildman–Crippen LogP) is 4.53. The molecule has 1 aliphatic heterocycles. The van der Waals surface area contributed by atoms with E-state index in [0.717, 1.165) is 26.7 Å². The molecular formula is C23H22N2O4S. The van der Waals surface area contributed by atoms with Crippen LogP contribution in [0.2, 0.25) is 0 Å². The Labute approximate surface area is 179 Å². The molecule has 0 saturated heterocycles. The van der Waals surface area contributed by atoms with E-state index in [-0.39, 0.29) is 5.91 Å². The van der Waals surface area contributed by atoms with Crippen LogP contribution in [0.25, 0.3) is 11.3 Å². The molecule has 4 rings (SSSR count). The average Bonchev–Trinajstić information content (AvgIpc) is 3.08. The molecule has 30 heavy (non-hydrogen) atoms. The fourth-order valence-corrected chi connectivity index (χ4v) is 4.45. The number of rotatable bonds is 4. The number of fused-ring (bicyclic) bond motifs is 1. The van der Waals surface area contributed by atoms with Crippen molar-refractivity contribution in [3.63, 3.8) is 0 Å². The Bertz CT molecular complexity index is 1140. The molecule has 154 valence electrons. The van der Waals surface area contributed by atoms with E-state index in [9.17, 15) is 9.59 Å². The lowest BCUT2D eigenvalue weighted by atomic mass is 10.1. The van der Waals surface area contributed by atoms with Gasteiger partial charge in [-0.15, -0.1) is 11.3 Å². The standard InChI is InChI=1S/C23H22N2O4S/c1-13-22(26)25(12-16-6-5-7-18(10-16)23(27)28-4)19-11-17(8-9-20(19)29-13)21-14(2)30-15(3)24-21/h5-11,13H,12H2,1-4H3. The summed E-state index contributed by atoms with van der Waals surface area (Å²) in [6.07, 6.45) is -0.588. The number of hydrogen-bond acceptors (Lipinski definition) is 6. The Morgan fingerprint density at radius 1 is 1.23 bits per heavy atom. The summed E-state index contributed by atoms with van der Waals surface area (Å²) in [5.41, 5.74) is 3.83. The number of hydrogen-bond donors (Lipinski definition) is 0. The highest BCUT2D eigenvalue weighted by atomic mass is 32.1. The summed E-state index contributed by atoms with van der Waals surface area (Å²) in [6.45, 7) is 6.08. The molecule has 0 radical (unpaired) electrons. The minimum absolute atomic E-state index is 0.130. The van der Waals surface area contributed by atoms with Gasteiger partial charge in [-0.3, -0.25) is 4.79 Å². The zero-order chi connectivity index (χ0) is 21.4. The summed E-state index contributed by atoms with van der Waals surface area (Å²) in [5, 5.41) is 0.998. The number of benzene rings is 2. The highest BCUT2D eigenvalue weighted by Gasteiger charge is 2.32. The summed E-state index contributed by atoms with van der Waals surface area (Å²) < 4.78 is 10.6. The Morgan fingerprint density at radius 2 is 2.03 bits per heavy atom. The first-order chi connectivity index (χ1) is 14.4. The van der Waals surface area contributed by atoms with Crippen LogP contribution >= 0.6 is 11.3 Å². The van der Waals surface area contributed by atoms with E-state index in [1.807, 2.05) is 38.1 Å². The van der Waals surface area contributed by atoms with Crippen LogP contribution in [0.15, 0.2) is 42.5 Å². The number of thiazole rings is 1. The van der Waals surface area contributed by atoms with Crippen molar-refractivity contribution >= 4 is 28.9 Å². The summed E-state index contributed by atoms with van der Waals surface area (Å²) in [7, 11) is 1.35. The van der Waals surface area contributed by atoms with Crippen molar-refractivity contribution in [3.05, 3.63) is 63.5 Å². The van der Waals surface area contributed by atoms with Gasteiger partial charge in [-0.1, -0.05) is 12.1 Å². The first-order valence-electron chi connectivity index (χ1n) is 9.61. The number of carbonyl (C=O) groups is 2. The number of anilines is 1. The third-order valence-corrected chi connectivity index (χ3v) is 5.92. The van der Waals surface area contributed by atoms with Gasteiger partial charge in [0.1, 0.15) is 5.75 Å². The molecule has 1 unspecified atom stereocenters. The molecule has 0 N–H and O–H groups in total. The lowest BCUT2D eigenvalue weighted by Crippen LogP contribution is -2.44. The van der Waals surface area contributed by atoms with E-state index >= 15 is 0 Å². The monoisotopic (exact) mass is 422 g/mol. The maximum Gasteiger partial charge on any atom is 0.337 e. The van der Waals surface area contributed by atoms with Crippen molar-refractivity contribution < 1.29 is 19.1 Å². The van der Waals surface area contributed by atoms with Crippen molar-refractivity contribution in [2.24, 2.45) is 0 Å². The normalized spacial score (nSPS) is 15.5. The number of ether oxygens (including phenoxy) is 2. The highest BCUT2D eigenvalue weighted by Crippen LogP contribution is 2.39. The van der Waals surface area contributed by atoms with Gasteiger partial charge >= 0.3 is 5.97 Å². The van der Waals surface area contributed by atoms with E-state index in [2.05, 4.69) is 4.98 Å². The summed E-state index contributed by atoms with van der Waals surface area (Å²) >= 11 is 1.65. The Morgan fingerprint density at radius 3 is 2.73 bits per heavy atom. The van der Waals surface area contributed by atoms with Crippen LogP contribution in [-0.2, 0) is 16.1 Å². The van der Waals surface area contributed by atoms with Crippen molar-refractivity contribution in [1.82, 2.24) is 4.98 Å². The minimum Gasteiger partial charge on any atom is -0.479 e. The van der Waals surface area contributed by atoms with Crippen LogP contribution in [-0.4, -0.2) is 30.1 Å². The largest absolute Gasteiger partial charge is 0.479 e. The minimum atomic E-state index is -0.588. The van der Waals surface area contributed by atoms with Gasteiger partial charge in [-0.05, 0) is 56.7 Å². The molecule has 0 saturated carbocycles. The summed E-state index contributed by atoms with van der Waals surface area (Å²) in [5.74, 6) is 0.115. The first kappa shape index (κ1) is 20.1. The lowest BCUT2D eigenvalue weighted by Gasteiger charge is -2.33. The first-order valence-corrected chi connectivity index (χ1v) is 10.4. The summed E-state index contributed by atoms with van der Waals surface area (Å²) in [4.78, 5) is 32.3. The highest BCUT2D eigenvalue weighted by molar-refractivity contribution is 7.11. The van der Waals surface area contributed by atoms with Crippen LogP contribution < -0.4 is 9.64 Å².